The second kappa shape index (κ2) is 8.08. The number of amides is 2. The van der Waals surface area contributed by atoms with E-state index in [1.54, 1.807) is 0 Å². The minimum Gasteiger partial charge on any atom is -0.385 e. The van der Waals surface area contributed by atoms with Crippen molar-refractivity contribution in [3.63, 3.8) is 0 Å². The lowest BCUT2D eigenvalue weighted by Crippen LogP contribution is -2.33. The molecule has 0 bridgehead atoms. The van der Waals surface area contributed by atoms with E-state index in [-0.39, 0.29) is 6.04 Å². The number of urea groups is 1. The number of carbonyl (C=O) groups excluding carboxylic acids is 1. The van der Waals surface area contributed by atoms with Crippen molar-refractivity contribution in [2.24, 2.45) is 5.73 Å². The monoisotopic (exact) mass is 312 g/mol. The Bertz CT molecular complexity index is 573. The van der Waals surface area contributed by atoms with Crippen LogP contribution >= 0.6 is 0 Å². The maximum absolute atomic E-state index is 11.4. The van der Waals surface area contributed by atoms with Gasteiger partial charge in [0.1, 0.15) is 0 Å². The average molecular weight is 312 g/mol. The van der Waals surface area contributed by atoms with Crippen molar-refractivity contribution in [1.29, 1.82) is 0 Å². The molecule has 5 heteroatoms. The van der Waals surface area contributed by atoms with E-state index in [9.17, 15) is 4.79 Å². The molecule has 0 aromatic heterocycles. The molecule has 5 nitrogen and oxygen atoms in total. The highest BCUT2D eigenvalue weighted by molar-refractivity contribution is 5.73. The largest absolute Gasteiger partial charge is 0.385 e. The van der Waals surface area contributed by atoms with Gasteiger partial charge in [-0.1, -0.05) is 24.3 Å². The quantitative estimate of drug-likeness (QED) is 0.633. The number of nitrogens with two attached hydrogens (primary N) is 1. The van der Waals surface area contributed by atoms with Gasteiger partial charge in [-0.25, -0.2) is 4.79 Å². The molecule has 0 heterocycles. The summed E-state index contributed by atoms with van der Waals surface area (Å²) in [5.41, 5.74) is 9.43. The van der Waals surface area contributed by atoms with Crippen LogP contribution in [0.25, 0.3) is 0 Å². The number of carbonyl (C=O) groups is 1. The van der Waals surface area contributed by atoms with E-state index in [0.29, 0.717) is 0 Å². The smallest absolute Gasteiger partial charge is 0.312 e. The number of nitrogens with one attached hydrogen (secondary N) is 3. The van der Waals surface area contributed by atoms with Gasteiger partial charge in [0.15, 0.2) is 0 Å². The van der Waals surface area contributed by atoms with E-state index < -0.39 is 6.03 Å². The summed E-state index contributed by atoms with van der Waals surface area (Å²) in [5.74, 6) is 0. The number of anilines is 2. The molecular weight excluding hydrogens is 288 g/mol. The highest BCUT2D eigenvalue weighted by Gasteiger charge is 2.15. The van der Waals surface area contributed by atoms with Crippen LogP contribution in [0.1, 0.15) is 31.0 Å². The van der Waals surface area contributed by atoms with E-state index >= 15 is 0 Å². The first-order valence-electron chi connectivity index (χ1n) is 7.87. The van der Waals surface area contributed by atoms with Crippen LogP contribution in [-0.4, -0.2) is 19.1 Å². The Balaban J connectivity index is 2.26. The first-order chi connectivity index (χ1) is 11.1. The van der Waals surface area contributed by atoms with Crippen molar-refractivity contribution in [2.75, 3.05) is 23.7 Å². The van der Waals surface area contributed by atoms with Crippen LogP contribution in [0.3, 0.4) is 0 Å². The Kier molecular flexibility index (Phi) is 5.86. The predicted molar refractivity (Wildman–Crippen MR) is 95.8 cm³/mol. The first kappa shape index (κ1) is 16.7. The summed E-state index contributed by atoms with van der Waals surface area (Å²) in [6.07, 6.45) is 0. The van der Waals surface area contributed by atoms with Gasteiger partial charge in [0.05, 0.1) is 6.04 Å². The molecule has 0 fully saturated rings. The van der Waals surface area contributed by atoms with Gasteiger partial charge in [-0.3, -0.25) is 0 Å². The van der Waals surface area contributed by atoms with Gasteiger partial charge in [0, 0.05) is 24.5 Å². The molecule has 0 radical (unpaired) electrons. The zero-order valence-electron chi connectivity index (χ0n) is 13.6. The Morgan fingerprint density at radius 2 is 1.26 bits per heavy atom. The highest BCUT2D eigenvalue weighted by atomic mass is 16.2. The summed E-state index contributed by atoms with van der Waals surface area (Å²) in [6, 6.07) is 15.2. The molecule has 2 rings (SSSR count). The third-order valence-corrected chi connectivity index (χ3v) is 3.54. The van der Waals surface area contributed by atoms with Crippen LogP contribution in [0.2, 0.25) is 0 Å². The second-order valence-electron chi connectivity index (χ2n) is 5.25. The molecule has 0 spiro atoms. The van der Waals surface area contributed by atoms with Crippen molar-refractivity contribution in [3.05, 3.63) is 59.7 Å². The molecule has 0 saturated carbocycles. The number of primary amides is 1. The molecular formula is C18H24N4O. The van der Waals surface area contributed by atoms with Gasteiger partial charge in [-0.05, 0) is 49.2 Å². The SMILES string of the molecule is CCNc1ccc(C(NC(N)=O)c2ccc(NCC)cc2)cc1. The molecule has 0 atom stereocenters. The second-order valence-corrected chi connectivity index (χ2v) is 5.25. The third-order valence-electron chi connectivity index (χ3n) is 3.54. The summed E-state index contributed by atoms with van der Waals surface area (Å²) in [7, 11) is 0. The molecule has 0 unspecified atom stereocenters. The number of rotatable bonds is 7. The fourth-order valence-electron chi connectivity index (χ4n) is 2.50. The van der Waals surface area contributed by atoms with Gasteiger partial charge in [-0.2, -0.15) is 0 Å². The molecule has 2 amide bonds. The molecule has 23 heavy (non-hydrogen) atoms. The van der Waals surface area contributed by atoms with Crippen molar-refractivity contribution in [2.45, 2.75) is 19.9 Å². The van der Waals surface area contributed by atoms with Crippen LogP contribution in [0.5, 0.6) is 0 Å². The summed E-state index contributed by atoms with van der Waals surface area (Å²) >= 11 is 0. The normalized spacial score (nSPS) is 10.4. The van der Waals surface area contributed by atoms with Crippen LogP contribution < -0.4 is 21.7 Å². The minimum absolute atomic E-state index is 0.265. The summed E-state index contributed by atoms with van der Waals surface area (Å²) in [4.78, 5) is 11.4. The van der Waals surface area contributed by atoms with Gasteiger partial charge >= 0.3 is 6.03 Å². The van der Waals surface area contributed by atoms with E-state index in [4.69, 9.17) is 5.73 Å². The molecule has 2 aromatic rings. The van der Waals surface area contributed by atoms with Crippen molar-refractivity contribution < 1.29 is 4.79 Å². The number of hydrogen-bond donors (Lipinski definition) is 4. The van der Waals surface area contributed by atoms with E-state index in [0.717, 1.165) is 35.6 Å². The molecule has 2 aromatic carbocycles. The van der Waals surface area contributed by atoms with Crippen LogP contribution in [0.4, 0.5) is 16.2 Å². The predicted octanol–water partition coefficient (Wildman–Crippen LogP) is 3.31. The van der Waals surface area contributed by atoms with Crippen molar-refractivity contribution >= 4 is 17.4 Å². The highest BCUT2D eigenvalue weighted by Crippen LogP contribution is 2.24. The topological polar surface area (TPSA) is 79.2 Å². The molecule has 5 N–H and O–H groups in total. The fraction of sp³-hybridized carbons (Fsp3) is 0.278. The Hall–Kier alpha value is -2.69. The van der Waals surface area contributed by atoms with Gasteiger partial charge in [0.2, 0.25) is 0 Å². The molecule has 0 aliphatic rings. The lowest BCUT2D eigenvalue weighted by molar-refractivity contribution is 0.247. The molecule has 0 aliphatic heterocycles. The first-order valence-corrected chi connectivity index (χ1v) is 7.87. The average Bonchev–Trinajstić information content (AvgIpc) is 2.55. The van der Waals surface area contributed by atoms with Crippen LogP contribution in [0, 0.1) is 0 Å². The van der Waals surface area contributed by atoms with Gasteiger partial charge < -0.3 is 21.7 Å². The standard InChI is InChI=1S/C18H24N4O/c1-3-20-15-9-5-13(6-10-15)17(22-18(19)23)14-7-11-16(12-8-14)21-4-2/h5-12,17,20-21H,3-4H2,1-2H3,(H3,19,22,23). The number of benzene rings is 2. The lowest BCUT2D eigenvalue weighted by Gasteiger charge is -2.19. The van der Waals surface area contributed by atoms with Gasteiger partial charge in [-0.15, -0.1) is 0 Å². The maximum Gasteiger partial charge on any atom is 0.312 e. The van der Waals surface area contributed by atoms with Crippen molar-refractivity contribution in [1.82, 2.24) is 5.32 Å². The summed E-state index contributed by atoms with van der Waals surface area (Å²) < 4.78 is 0. The van der Waals surface area contributed by atoms with Crippen LogP contribution in [0.15, 0.2) is 48.5 Å². The zero-order chi connectivity index (χ0) is 16.7. The van der Waals surface area contributed by atoms with E-state index in [2.05, 4.69) is 29.8 Å². The number of hydrogen-bond acceptors (Lipinski definition) is 3. The fourth-order valence-corrected chi connectivity index (χ4v) is 2.50. The maximum atomic E-state index is 11.4. The minimum atomic E-state index is -0.540. The van der Waals surface area contributed by atoms with Crippen molar-refractivity contribution in [3.8, 4) is 0 Å². The Morgan fingerprint density at radius 1 is 0.870 bits per heavy atom. The van der Waals surface area contributed by atoms with Gasteiger partial charge in [0.25, 0.3) is 0 Å². The Morgan fingerprint density at radius 3 is 1.57 bits per heavy atom. The van der Waals surface area contributed by atoms with E-state index in [1.165, 1.54) is 0 Å². The summed E-state index contributed by atoms with van der Waals surface area (Å²) in [5, 5.41) is 9.32. The third kappa shape index (κ3) is 4.64. The molecule has 0 saturated heterocycles. The lowest BCUT2D eigenvalue weighted by atomic mass is 9.98. The molecule has 122 valence electrons. The van der Waals surface area contributed by atoms with E-state index in [1.807, 2.05) is 48.5 Å². The zero-order valence-corrected chi connectivity index (χ0v) is 13.6. The Labute approximate surface area is 137 Å². The molecule has 0 aliphatic carbocycles. The van der Waals surface area contributed by atoms with Crippen LogP contribution in [-0.2, 0) is 0 Å². The summed E-state index contributed by atoms with van der Waals surface area (Å²) in [6.45, 7) is 5.84.